The van der Waals surface area contributed by atoms with Gasteiger partial charge in [0.1, 0.15) is 23.7 Å². The van der Waals surface area contributed by atoms with Crippen LogP contribution in [0.4, 0.5) is 0 Å². The van der Waals surface area contributed by atoms with Crippen molar-refractivity contribution in [3.05, 3.63) is 59.7 Å². The minimum atomic E-state index is -2.16. The van der Waals surface area contributed by atoms with E-state index in [9.17, 15) is 5.11 Å². The Kier molecular flexibility index (Phi) is 12.0. The molecule has 0 spiro atoms. The Hall–Kier alpha value is -1.94. The van der Waals surface area contributed by atoms with E-state index in [4.69, 9.17) is 28.1 Å². The van der Waals surface area contributed by atoms with Gasteiger partial charge in [-0.05, 0) is 52.0 Å². The van der Waals surface area contributed by atoms with Gasteiger partial charge in [-0.25, -0.2) is 0 Å². The van der Waals surface area contributed by atoms with Gasteiger partial charge in [-0.1, -0.05) is 72.7 Å². The van der Waals surface area contributed by atoms with Crippen molar-refractivity contribution in [3.63, 3.8) is 0 Å². The Morgan fingerprint density at radius 1 is 0.725 bits per heavy atom. The highest BCUT2D eigenvalue weighted by Crippen LogP contribution is 2.43. The first-order valence-electron chi connectivity index (χ1n) is 14.5. The van der Waals surface area contributed by atoms with E-state index in [-0.39, 0.29) is 5.92 Å². The summed E-state index contributed by atoms with van der Waals surface area (Å²) < 4.78 is 36.8. The molecule has 1 aliphatic heterocycles. The van der Waals surface area contributed by atoms with Gasteiger partial charge in [0, 0.05) is 5.92 Å². The molecule has 1 fully saturated rings. The van der Waals surface area contributed by atoms with Crippen LogP contribution in [0.1, 0.15) is 59.6 Å². The molecule has 5 atom stereocenters. The number of benzene rings is 2. The third kappa shape index (κ3) is 7.66. The Bertz CT molecular complexity index is 987. The Morgan fingerprint density at radius 3 is 1.55 bits per heavy atom. The van der Waals surface area contributed by atoms with Crippen molar-refractivity contribution in [1.82, 2.24) is 0 Å². The topological polar surface area (TPSA) is 75.6 Å². The summed E-state index contributed by atoms with van der Waals surface area (Å²) in [7, 11) is 1.14. The maximum absolute atomic E-state index is 11.0. The quantitative estimate of drug-likeness (QED) is 0.251. The van der Waals surface area contributed by atoms with Gasteiger partial charge in [0.15, 0.2) is 14.6 Å². The maximum atomic E-state index is 11.0. The molecule has 1 saturated heterocycles. The Balaban J connectivity index is 1.85. The highest BCUT2D eigenvalue weighted by Gasteiger charge is 2.49. The molecule has 2 aromatic carbocycles. The first kappa shape index (κ1) is 32.6. The number of aliphatic hydroxyl groups excluding tert-OH is 1. The molecule has 0 saturated carbocycles. The van der Waals surface area contributed by atoms with Crippen LogP contribution in [0.3, 0.4) is 0 Å². The van der Waals surface area contributed by atoms with Crippen LogP contribution in [-0.2, 0) is 31.9 Å². The van der Waals surface area contributed by atoms with E-state index < -0.39 is 32.9 Å². The molecular weight excluding hydrogens is 524 g/mol. The van der Waals surface area contributed by atoms with E-state index in [1.54, 1.807) is 14.2 Å². The normalized spacial score (nSPS) is 23.7. The summed E-state index contributed by atoms with van der Waals surface area (Å²) in [6, 6.07) is 15.7. The van der Waals surface area contributed by atoms with Crippen molar-refractivity contribution in [1.29, 1.82) is 0 Å². The number of aliphatic hydroxyl groups is 1. The van der Waals surface area contributed by atoms with Crippen LogP contribution in [0.15, 0.2) is 48.5 Å². The van der Waals surface area contributed by atoms with Crippen LogP contribution in [0.2, 0.25) is 16.6 Å². The maximum Gasteiger partial charge on any atom is 0.200 e. The lowest BCUT2D eigenvalue weighted by atomic mass is 9.92. The van der Waals surface area contributed by atoms with Gasteiger partial charge >= 0.3 is 0 Å². The average Bonchev–Trinajstić information content (AvgIpc) is 2.93. The molecule has 8 heteroatoms. The molecule has 1 aliphatic rings. The van der Waals surface area contributed by atoms with Gasteiger partial charge in [0.2, 0.25) is 0 Å². The van der Waals surface area contributed by atoms with Gasteiger partial charge < -0.3 is 33.2 Å². The monoisotopic (exact) mass is 574 g/mol. The van der Waals surface area contributed by atoms with E-state index in [1.807, 2.05) is 55.5 Å². The molecule has 2 aromatic rings. The first-order chi connectivity index (χ1) is 19.0. The van der Waals surface area contributed by atoms with E-state index in [2.05, 4.69) is 41.5 Å². The van der Waals surface area contributed by atoms with Crippen LogP contribution >= 0.6 is 0 Å². The van der Waals surface area contributed by atoms with Crippen molar-refractivity contribution in [3.8, 4) is 11.5 Å². The summed E-state index contributed by atoms with van der Waals surface area (Å²) in [5, 5.41) is 11.0. The second-order valence-electron chi connectivity index (χ2n) is 11.8. The highest BCUT2D eigenvalue weighted by molar-refractivity contribution is 6.77. The molecule has 0 aromatic heterocycles. The summed E-state index contributed by atoms with van der Waals surface area (Å²) in [6.45, 7) is 16.6. The number of ether oxygens (including phenoxy) is 5. The van der Waals surface area contributed by atoms with Crippen molar-refractivity contribution < 1.29 is 33.2 Å². The SMILES string of the molecule is COc1ccc(CO[C@H]2[C@H](OCc3ccc(OC)cc3)[C@@H](C)C(O)O[C@@H]2CO[Si](C(C)C)(C(C)C)C(C)C)cc1. The van der Waals surface area contributed by atoms with Crippen molar-refractivity contribution in [2.45, 2.75) is 103 Å². The molecule has 0 aliphatic carbocycles. The summed E-state index contributed by atoms with van der Waals surface area (Å²) in [5.41, 5.74) is 3.33. The molecule has 224 valence electrons. The fraction of sp³-hybridized carbons (Fsp3) is 0.625. The predicted molar refractivity (Wildman–Crippen MR) is 160 cm³/mol. The number of hydrogen-bond donors (Lipinski definition) is 1. The summed E-state index contributed by atoms with van der Waals surface area (Å²) in [6.07, 6.45) is -2.29. The largest absolute Gasteiger partial charge is 0.497 e. The summed E-state index contributed by atoms with van der Waals surface area (Å²) in [4.78, 5) is 0. The van der Waals surface area contributed by atoms with E-state index in [0.29, 0.717) is 36.4 Å². The zero-order valence-corrected chi connectivity index (χ0v) is 26.8. The number of rotatable bonds is 14. The average molecular weight is 575 g/mol. The van der Waals surface area contributed by atoms with Crippen molar-refractivity contribution in [2.75, 3.05) is 20.8 Å². The zero-order chi connectivity index (χ0) is 29.4. The van der Waals surface area contributed by atoms with Gasteiger partial charge in [-0.2, -0.15) is 0 Å². The molecule has 3 rings (SSSR count). The Labute approximate surface area is 242 Å². The van der Waals surface area contributed by atoms with Crippen LogP contribution in [0.25, 0.3) is 0 Å². The van der Waals surface area contributed by atoms with Gasteiger partial charge in [-0.15, -0.1) is 0 Å². The number of methoxy groups -OCH3 is 2. The third-order valence-electron chi connectivity index (χ3n) is 8.38. The lowest BCUT2D eigenvalue weighted by molar-refractivity contribution is -0.286. The second-order valence-corrected chi connectivity index (χ2v) is 17.3. The lowest BCUT2D eigenvalue weighted by Crippen LogP contribution is -2.58. The van der Waals surface area contributed by atoms with Crippen LogP contribution in [0.5, 0.6) is 11.5 Å². The fourth-order valence-electron chi connectivity index (χ4n) is 6.19. The van der Waals surface area contributed by atoms with E-state index in [0.717, 1.165) is 22.6 Å². The van der Waals surface area contributed by atoms with Crippen LogP contribution in [0, 0.1) is 5.92 Å². The standard InChI is InChI=1S/C32H50O7Si/c1-21(2)40(22(3)4,23(5)6)38-20-29-31(37-19-26-12-16-28(35-9)17-13-26)30(24(7)32(33)39-29)36-18-25-10-14-27(34-8)15-11-25/h10-17,21-24,29-33H,18-20H2,1-9H3/t24-,29-,30-,31-,32?/m1/s1. The van der Waals surface area contributed by atoms with Gasteiger partial charge in [0.05, 0.1) is 40.1 Å². The molecule has 0 radical (unpaired) electrons. The van der Waals surface area contributed by atoms with Crippen molar-refractivity contribution in [2.24, 2.45) is 5.92 Å². The Morgan fingerprint density at radius 2 is 1.15 bits per heavy atom. The lowest BCUT2D eigenvalue weighted by Gasteiger charge is -2.47. The van der Waals surface area contributed by atoms with Crippen LogP contribution < -0.4 is 9.47 Å². The van der Waals surface area contributed by atoms with Crippen molar-refractivity contribution >= 4 is 8.32 Å². The molecule has 7 nitrogen and oxygen atoms in total. The molecule has 0 bridgehead atoms. The molecule has 40 heavy (non-hydrogen) atoms. The molecule has 0 amide bonds. The molecule has 1 unspecified atom stereocenters. The van der Waals surface area contributed by atoms with Crippen LogP contribution in [-0.4, -0.2) is 58.9 Å². The zero-order valence-electron chi connectivity index (χ0n) is 25.8. The second kappa shape index (κ2) is 14.8. The van der Waals surface area contributed by atoms with E-state index in [1.165, 1.54) is 0 Å². The highest BCUT2D eigenvalue weighted by atomic mass is 28.4. The minimum Gasteiger partial charge on any atom is -0.497 e. The van der Waals surface area contributed by atoms with Gasteiger partial charge in [-0.3, -0.25) is 0 Å². The smallest absolute Gasteiger partial charge is 0.200 e. The minimum absolute atomic E-state index is 0.294. The molecule has 1 N–H and O–H groups in total. The van der Waals surface area contributed by atoms with E-state index >= 15 is 0 Å². The predicted octanol–water partition coefficient (Wildman–Crippen LogP) is 6.72. The summed E-state index contributed by atoms with van der Waals surface area (Å²) in [5.74, 6) is 1.30. The third-order valence-corrected chi connectivity index (χ3v) is 14.5. The molecule has 1 heterocycles. The molecular formula is C32H50O7Si. The number of hydrogen-bond acceptors (Lipinski definition) is 7. The summed E-state index contributed by atoms with van der Waals surface area (Å²) >= 11 is 0. The first-order valence-corrected chi connectivity index (χ1v) is 16.6. The fourth-order valence-corrected chi connectivity index (χ4v) is 11.6. The van der Waals surface area contributed by atoms with Gasteiger partial charge in [0.25, 0.3) is 0 Å².